The van der Waals surface area contributed by atoms with Crippen LogP contribution in [0.4, 0.5) is 0 Å². The molecule has 0 bridgehead atoms. The third kappa shape index (κ3) is 3.58. The molecule has 1 aliphatic rings. The summed E-state index contributed by atoms with van der Waals surface area (Å²) in [5.41, 5.74) is 1.95. The second kappa shape index (κ2) is 7.11. The zero-order chi connectivity index (χ0) is 18.0. The van der Waals surface area contributed by atoms with E-state index in [4.69, 9.17) is 4.42 Å². The first kappa shape index (κ1) is 17.2. The lowest BCUT2D eigenvalue weighted by Gasteiger charge is -2.25. The molecule has 1 unspecified atom stereocenters. The predicted octanol–water partition coefficient (Wildman–Crippen LogP) is 1.81. The molecule has 6 heteroatoms. The van der Waals surface area contributed by atoms with Gasteiger partial charge >= 0.3 is 0 Å². The van der Waals surface area contributed by atoms with E-state index < -0.39 is 24.1 Å². The van der Waals surface area contributed by atoms with Crippen LogP contribution in [0.15, 0.2) is 47.1 Å². The molecule has 1 heterocycles. The van der Waals surface area contributed by atoms with E-state index in [1.165, 1.54) is 6.26 Å². The monoisotopic (exact) mass is 342 g/mol. The molecule has 0 fully saturated rings. The Kier molecular flexibility index (Phi) is 4.90. The summed E-state index contributed by atoms with van der Waals surface area (Å²) < 4.78 is 5.07. The van der Waals surface area contributed by atoms with Crippen molar-refractivity contribution in [1.29, 1.82) is 0 Å². The lowest BCUT2D eigenvalue weighted by Crippen LogP contribution is -2.51. The van der Waals surface area contributed by atoms with Crippen molar-refractivity contribution in [3.63, 3.8) is 0 Å². The lowest BCUT2D eigenvalue weighted by atomic mass is 10.0. The summed E-state index contributed by atoms with van der Waals surface area (Å²) in [5.74, 6) is -0.723. The van der Waals surface area contributed by atoms with Crippen LogP contribution < -0.4 is 10.6 Å². The van der Waals surface area contributed by atoms with Crippen molar-refractivity contribution >= 4 is 11.8 Å². The Hall–Kier alpha value is -2.60. The number of carbonyl (C=O) groups excluding carboxylic acids is 2. The summed E-state index contributed by atoms with van der Waals surface area (Å²) in [6.07, 6.45) is 1.24. The molecule has 132 valence electrons. The number of benzene rings is 1. The highest BCUT2D eigenvalue weighted by molar-refractivity contribution is 5.95. The topological polar surface area (TPSA) is 91.6 Å². The molecule has 1 aliphatic carbocycles. The first-order chi connectivity index (χ1) is 12.0. The molecular weight excluding hydrogens is 320 g/mol. The zero-order valence-electron chi connectivity index (χ0n) is 14.2. The number of rotatable bonds is 5. The average molecular weight is 342 g/mol. The third-order valence-corrected chi connectivity index (χ3v) is 4.48. The van der Waals surface area contributed by atoms with Crippen LogP contribution in [0.1, 0.15) is 41.6 Å². The van der Waals surface area contributed by atoms with E-state index >= 15 is 0 Å². The summed E-state index contributed by atoms with van der Waals surface area (Å²) in [6.45, 7) is 3.71. The highest BCUT2D eigenvalue weighted by Gasteiger charge is 2.34. The van der Waals surface area contributed by atoms with Gasteiger partial charge in [0.25, 0.3) is 5.91 Å². The minimum atomic E-state index is -0.724. The number of aliphatic hydroxyl groups is 1. The maximum absolute atomic E-state index is 12.7. The Bertz CT molecular complexity index is 755. The quantitative estimate of drug-likeness (QED) is 0.773. The molecule has 25 heavy (non-hydrogen) atoms. The molecule has 6 nitrogen and oxygen atoms in total. The maximum atomic E-state index is 12.7. The van der Waals surface area contributed by atoms with Gasteiger partial charge in [-0.05, 0) is 29.2 Å². The summed E-state index contributed by atoms with van der Waals surface area (Å²) in [4.78, 5) is 24.9. The van der Waals surface area contributed by atoms with E-state index in [-0.39, 0.29) is 17.6 Å². The number of hydrogen-bond acceptors (Lipinski definition) is 4. The van der Waals surface area contributed by atoms with Crippen molar-refractivity contribution in [2.45, 2.75) is 38.5 Å². The van der Waals surface area contributed by atoms with Crippen molar-refractivity contribution in [2.75, 3.05) is 0 Å². The molecule has 0 radical (unpaired) electrons. The fourth-order valence-corrected chi connectivity index (χ4v) is 3.15. The van der Waals surface area contributed by atoms with Crippen molar-refractivity contribution in [3.05, 3.63) is 59.5 Å². The summed E-state index contributed by atoms with van der Waals surface area (Å²) >= 11 is 0. The van der Waals surface area contributed by atoms with Crippen LogP contribution in [0.5, 0.6) is 0 Å². The highest BCUT2D eigenvalue weighted by Crippen LogP contribution is 2.31. The molecule has 1 aromatic carbocycles. The number of nitrogens with one attached hydrogen (secondary N) is 2. The Morgan fingerprint density at radius 3 is 2.64 bits per heavy atom. The van der Waals surface area contributed by atoms with Gasteiger partial charge < -0.3 is 20.2 Å². The van der Waals surface area contributed by atoms with Gasteiger partial charge in [0.15, 0.2) is 5.76 Å². The zero-order valence-corrected chi connectivity index (χ0v) is 14.2. The van der Waals surface area contributed by atoms with Crippen LogP contribution >= 0.6 is 0 Å². The summed E-state index contributed by atoms with van der Waals surface area (Å²) in [6, 6.07) is 9.62. The normalized spacial score (nSPS) is 20.2. The fourth-order valence-electron chi connectivity index (χ4n) is 3.15. The Morgan fingerprint density at radius 2 is 1.96 bits per heavy atom. The second-order valence-corrected chi connectivity index (χ2v) is 6.63. The van der Waals surface area contributed by atoms with E-state index in [9.17, 15) is 14.7 Å². The molecular formula is C19H22N2O4. The summed E-state index contributed by atoms with van der Waals surface area (Å²) in [7, 11) is 0. The van der Waals surface area contributed by atoms with Crippen molar-refractivity contribution in [1.82, 2.24) is 10.6 Å². The number of hydrogen-bond donors (Lipinski definition) is 3. The number of aliphatic hydroxyl groups excluding tert-OH is 1. The predicted molar refractivity (Wildman–Crippen MR) is 91.8 cm³/mol. The SMILES string of the molecule is CC(C)C(NC(=O)c1ccco1)C(=O)N[C@@H]1c2ccccc2C[C@@H]1O. The molecule has 0 aliphatic heterocycles. The number of carbonyl (C=O) groups is 2. The highest BCUT2D eigenvalue weighted by atomic mass is 16.3. The number of fused-ring (bicyclic) bond motifs is 1. The van der Waals surface area contributed by atoms with Gasteiger partial charge in [0.2, 0.25) is 5.91 Å². The number of furan rings is 1. The van der Waals surface area contributed by atoms with Gasteiger partial charge in [-0.25, -0.2) is 0 Å². The van der Waals surface area contributed by atoms with Gasteiger partial charge in [0.05, 0.1) is 18.4 Å². The van der Waals surface area contributed by atoms with Crippen LogP contribution in [0.25, 0.3) is 0 Å². The van der Waals surface area contributed by atoms with E-state index in [1.54, 1.807) is 12.1 Å². The maximum Gasteiger partial charge on any atom is 0.287 e. The second-order valence-electron chi connectivity index (χ2n) is 6.63. The largest absolute Gasteiger partial charge is 0.459 e. The first-order valence-electron chi connectivity index (χ1n) is 8.38. The third-order valence-electron chi connectivity index (χ3n) is 4.48. The molecule has 1 aromatic heterocycles. The van der Waals surface area contributed by atoms with Crippen molar-refractivity contribution < 1.29 is 19.1 Å². The minimum Gasteiger partial charge on any atom is -0.459 e. The van der Waals surface area contributed by atoms with E-state index in [0.29, 0.717) is 6.42 Å². The van der Waals surface area contributed by atoms with Gasteiger partial charge in [-0.1, -0.05) is 38.1 Å². The summed E-state index contributed by atoms with van der Waals surface area (Å²) in [5, 5.41) is 15.9. The number of amides is 2. The lowest BCUT2D eigenvalue weighted by molar-refractivity contribution is -0.125. The van der Waals surface area contributed by atoms with Gasteiger partial charge in [-0.2, -0.15) is 0 Å². The van der Waals surface area contributed by atoms with E-state index in [1.807, 2.05) is 38.1 Å². The Morgan fingerprint density at radius 1 is 1.20 bits per heavy atom. The molecule has 3 rings (SSSR count). The average Bonchev–Trinajstić information content (AvgIpc) is 3.21. The van der Waals surface area contributed by atoms with Crippen LogP contribution in [-0.4, -0.2) is 29.1 Å². The van der Waals surface area contributed by atoms with Gasteiger partial charge in [0, 0.05) is 6.42 Å². The standard InChI is InChI=1S/C19H22N2O4/c1-11(2)16(20-18(23)15-8-5-9-25-15)19(24)21-17-13-7-4-3-6-12(13)10-14(17)22/h3-9,11,14,16-17,22H,10H2,1-2H3,(H,20,23)(H,21,24)/t14-,16?,17+/m0/s1. The van der Waals surface area contributed by atoms with Crippen LogP contribution in [-0.2, 0) is 11.2 Å². The first-order valence-corrected chi connectivity index (χ1v) is 8.38. The minimum absolute atomic E-state index is 0.118. The molecule has 0 saturated carbocycles. The van der Waals surface area contributed by atoms with E-state index in [2.05, 4.69) is 10.6 Å². The Balaban J connectivity index is 1.72. The molecule has 2 amide bonds. The Labute approximate surface area is 146 Å². The van der Waals surface area contributed by atoms with Crippen molar-refractivity contribution in [2.24, 2.45) is 5.92 Å². The van der Waals surface area contributed by atoms with Crippen LogP contribution in [0.3, 0.4) is 0 Å². The van der Waals surface area contributed by atoms with Gasteiger partial charge in [-0.3, -0.25) is 9.59 Å². The van der Waals surface area contributed by atoms with Crippen LogP contribution in [0, 0.1) is 5.92 Å². The van der Waals surface area contributed by atoms with Gasteiger partial charge in [-0.15, -0.1) is 0 Å². The molecule has 0 spiro atoms. The smallest absolute Gasteiger partial charge is 0.287 e. The fraction of sp³-hybridized carbons (Fsp3) is 0.368. The molecule has 3 N–H and O–H groups in total. The van der Waals surface area contributed by atoms with Crippen LogP contribution in [0.2, 0.25) is 0 Å². The van der Waals surface area contributed by atoms with Crippen molar-refractivity contribution in [3.8, 4) is 0 Å². The molecule has 3 atom stereocenters. The van der Waals surface area contributed by atoms with E-state index in [0.717, 1.165) is 11.1 Å². The molecule has 0 saturated heterocycles. The molecule has 2 aromatic rings. The van der Waals surface area contributed by atoms with Gasteiger partial charge in [0.1, 0.15) is 6.04 Å².